The van der Waals surface area contributed by atoms with Crippen LogP contribution in [0.1, 0.15) is 72.2 Å². The third-order valence-electron chi connectivity index (χ3n) is 13.1. The summed E-state index contributed by atoms with van der Waals surface area (Å²) in [6.07, 6.45) is 14.1. The Balaban J connectivity index is 0.948. The molecule has 8 aromatic carbocycles. The number of fused-ring (bicyclic) bond motifs is 5. The fraction of sp³-hybridized carbons (Fsp3) is 0.167. The summed E-state index contributed by atoms with van der Waals surface area (Å²) in [5, 5.41) is 4.69. The van der Waals surface area contributed by atoms with E-state index in [2.05, 4.69) is 226 Å². The molecule has 63 heavy (non-hydrogen) atoms. The zero-order valence-electron chi connectivity index (χ0n) is 36.8. The highest BCUT2D eigenvalue weighted by Crippen LogP contribution is 2.41. The lowest BCUT2D eigenvalue weighted by Gasteiger charge is -2.35. The maximum atomic E-state index is 6.68. The first-order valence-electron chi connectivity index (χ1n) is 22.8. The van der Waals surface area contributed by atoms with Gasteiger partial charge in [-0.1, -0.05) is 137 Å². The summed E-state index contributed by atoms with van der Waals surface area (Å²) in [6.45, 7) is 9.00. The van der Waals surface area contributed by atoms with Crippen molar-refractivity contribution in [1.82, 2.24) is 0 Å². The molecule has 0 radical (unpaired) electrons. The number of furan rings is 1. The van der Waals surface area contributed by atoms with E-state index in [0.717, 1.165) is 82.2 Å². The second-order valence-corrected chi connectivity index (χ2v) is 16.8. The Hall–Kier alpha value is -7.10. The molecule has 1 unspecified atom stereocenters. The zero-order valence-corrected chi connectivity index (χ0v) is 36.8. The largest absolute Gasteiger partial charge is 0.456 e. The molecule has 310 valence electrons. The number of benzene rings is 8. The van der Waals surface area contributed by atoms with Crippen LogP contribution in [0.2, 0.25) is 0 Å². The molecule has 0 amide bonds. The van der Waals surface area contributed by atoms with Gasteiger partial charge in [0.1, 0.15) is 11.2 Å². The van der Waals surface area contributed by atoms with Gasteiger partial charge in [0.25, 0.3) is 0 Å². The summed E-state index contributed by atoms with van der Waals surface area (Å²) >= 11 is 0. The van der Waals surface area contributed by atoms with Crippen LogP contribution in [-0.4, -0.2) is 6.04 Å². The van der Waals surface area contributed by atoms with Crippen LogP contribution in [0.5, 0.6) is 0 Å². The molecular formula is C60H54N2O. The third-order valence-corrected chi connectivity index (χ3v) is 13.1. The smallest absolute Gasteiger partial charge is 0.137 e. The van der Waals surface area contributed by atoms with Gasteiger partial charge in [-0.25, -0.2) is 0 Å². The average molecular weight is 819 g/mol. The van der Waals surface area contributed by atoms with Crippen molar-refractivity contribution in [3.8, 4) is 0 Å². The summed E-state index contributed by atoms with van der Waals surface area (Å²) in [7, 11) is 0. The number of nitrogens with zero attached hydrogens (tertiary/aromatic N) is 2. The lowest BCUT2D eigenvalue weighted by molar-refractivity contribution is 0.669. The van der Waals surface area contributed by atoms with E-state index in [0.29, 0.717) is 0 Å². The number of anilines is 5. The molecule has 0 N–H and O–H groups in total. The number of hydrogen-bond acceptors (Lipinski definition) is 3. The molecular weight excluding hydrogens is 765 g/mol. The van der Waals surface area contributed by atoms with Crippen LogP contribution >= 0.6 is 0 Å². The van der Waals surface area contributed by atoms with Gasteiger partial charge in [-0.2, -0.15) is 0 Å². The van der Waals surface area contributed by atoms with Gasteiger partial charge in [0.15, 0.2) is 0 Å². The van der Waals surface area contributed by atoms with Gasteiger partial charge in [0.05, 0.1) is 6.04 Å². The topological polar surface area (TPSA) is 19.6 Å². The Bertz CT molecular complexity index is 3170. The van der Waals surface area contributed by atoms with E-state index in [-0.39, 0.29) is 6.04 Å². The number of rotatable bonds is 12. The summed E-state index contributed by atoms with van der Waals surface area (Å²) in [4.78, 5) is 4.89. The maximum Gasteiger partial charge on any atom is 0.137 e. The second kappa shape index (κ2) is 17.3. The first-order valence-corrected chi connectivity index (χ1v) is 22.8. The number of hydrogen-bond donors (Lipinski definition) is 0. The number of aryl methyl sites for hydroxylation is 4. The molecule has 0 aliphatic heterocycles. The molecule has 0 spiro atoms. The minimum atomic E-state index is 0.216. The predicted octanol–water partition coefficient (Wildman–Crippen LogP) is 16.4. The van der Waals surface area contributed by atoms with Crippen molar-refractivity contribution >= 4 is 79.4 Å². The Morgan fingerprint density at radius 1 is 0.476 bits per heavy atom. The van der Waals surface area contributed by atoms with Crippen molar-refractivity contribution in [3.63, 3.8) is 0 Å². The molecule has 1 heterocycles. The van der Waals surface area contributed by atoms with Gasteiger partial charge in [-0.05, 0) is 160 Å². The lowest BCUT2D eigenvalue weighted by atomic mass is 9.92. The first-order chi connectivity index (χ1) is 31.0. The predicted molar refractivity (Wildman–Crippen MR) is 270 cm³/mol. The average Bonchev–Trinajstić information content (AvgIpc) is 3.70. The van der Waals surface area contributed by atoms with Crippen LogP contribution in [0.4, 0.5) is 28.4 Å². The van der Waals surface area contributed by atoms with Crippen LogP contribution in [0.3, 0.4) is 0 Å². The standard InChI is InChI=1S/C60H54N2O/c1-5-43-22-28-52(36-45(43)7-3)61(54-30-24-47-13-9-11-15-49(47)38-54)51-26-19-41(20-27-51)17-18-42-21-33-57-58-34-32-56(40-60(58)63-59(57)35-42)62(53-29-23-44(6-2)46(8-4)37-53)55-31-25-48-14-10-12-16-50(48)39-55/h9-37,39-40,54H,5-8,38H2,1-4H3/b18-17+. The molecule has 0 saturated heterocycles. The molecule has 1 aliphatic rings. The fourth-order valence-corrected chi connectivity index (χ4v) is 9.69. The van der Waals surface area contributed by atoms with Crippen molar-refractivity contribution in [1.29, 1.82) is 0 Å². The minimum absolute atomic E-state index is 0.216. The molecule has 1 aliphatic carbocycles. The summed E-state index contributed by atoms with van der Waals surface area (Å²) in [5.74, 6) is 0. The van der Waals surface area contributed by atoms with Gasteiger partial charge >= 0.3 is 0 Å². The van der Waals surface area contributed by atoms with Gasteiger partial charge in [0.2, 0.25) is 0 Å². The van der Waals surface area contributed by atoms with E-state index in [1.807, 2.05) is 0 Å². The van der Waals surface area contributed by atoms with Crippen molar-refractivity contribution in [3.05, 3.63) is 214 Å². The van der Waals surface area contributed by atoms with E-state index in [1.54, 1.807) is 0 Å². The molecule has 0 saturated carbocycles. The molecule has 0 fully saturated rings. The van der Waals surface area contributed by atoms with Gasteiger partial charge in [0, 0.05) is 45.3 Å². The molecule has 1 atom stereocenters. The Labute approximate surface area is 372 Å². The molecule has 0 bridgehead atoms. The van der Waals surface area contributed by atoms with Crippen LogP contribution < -0.4 is 9.80 Å². The Morgan fingerprint density at radius 2 is 1.03 bits per heavy atom. The van der Waals surface area contributed by atoms with E-state index in [9.17, 15) is 0 Å². The molecule has 3 heteroatoms. The molecule has 9 aromatic rings. The zero-order chi connectivity index (χ0) is 42.9. The first kappa shape index (κ1) is 40.0. The van der Waals surface area contributed by atoms with Gasteiger partial charge in [-0.15, -0.1) is 0 Å². The molecule has 1 aromatic heterocycles. The fourth-order valence-electron chi connectivity index (χ4n) is 9.69. The summed E-state index contributed by atoms with van der Waals surface area (Å²) < 4.78 is 6.68. The highest BCUT2D eigenvalue weighted by molar-refractivity contribution is 6.07. The van der Waals surface area contributed by atoms with Crippen molar-refractivity contribution in [2.45, 2.75) is 65.8 Å². The molecule has 3 nitrogen and oxygen atoms in total. The van der Waals surface area contributed by atoms with E-state index < -0.39 is 0 Å². The van der Waals surface area contributed by atoms with E-state index in [4.69, 9.17) is 4.42 Å². The van der Waals surface area contributed by atoms with Crippen LogP contribution in [-0.2, 0) is 32.1 Å². The second-order valence-electron chi connectivity index (χ2n) is 16.8. The van der Waals surface area contributed by atoms with Crippen molar-refractivity contribution < 1.29 is 4.42 Å². The summed E-state index contributed by atoms with van der Waals surface area (Å²) in [6, 6.07) is 60.5. The van der Waals surface area contributed by atoms with E-state index in [1.165, 1.54) is 55.5 Å². The van der Waals surface area contributed by atoms with Gasteiger partial charge < -0.3 is 14.2 Å². The Morgan fingerprint density at radius 3 is 1.79 bits per heavy atom. The van der Waals surface area contributed by atoms with Crippen molar-refractivity contribution in [2.24, 2.45) is 0 Å². The van der Waals surface area contributed by atoms with Crippen LogP contribution in [0.15, 0.2) is 174 Å². The molecule has 10 rings (SSSR count). The van der Waals surface area contributed by atoms with E-state index >= 15 is 0 Å². The highest BCUT2D eigenvalue weighted by atomic mass is 16.3. The van der Waals surface area contributed by atoms with Crippen LogP contribution in [0, 0.1) is 0 Å². The lowest BCUT2D eigenvalue weighted by Crippen LogP contribution is -2.33. The SMILES string of the molecule is CCc1ccc(N(c2ccc3ccccc3c2)c2ccc3c(c2)oc2cc(/C=C/c4ccc(N(c5ccc(CC)c(CC)c5)C5C=Cc6ccccc6C5)cc4)ccc23)cc1CC. The minimum Gasteiger partial charge on any atom is -0.456 e. The maximum absolute atomic E-state index is 6.68. The van der Waals surface area contributed by atoms with Crippen molar-refractivity contribution in [2.75, 3.05) is 9.80 Å². The third kappa shape index (κ3) is 7.85. The highest BCUT2D eigenvalue weighted by Gasteiger charge is 2.24. The summed E-state index contributed by atoms with van der Waals surface area (Å²) in [5.41, 5.74) is 18.1. The quantitative estimate of drug-likeness (QED) is 0.115. The van der Waals surface area contributed by atoms with Crippen LogP contribution in [0.25, 0.3) is 50.9 Å². The Kier molecular flexibility index (Phi) is 11.0. The normalized spacial score (nSPS) is 13.6. The monoisotopic (exact) mass is 818 g/mol. The van der Waals surface area contributed by atoms with Gasteiger partial charge in [-0.3, -0.25) is 0 Å².